The van der Waals surface area contributed by atoms with Gasteiger partial charge in [-0.1, -0.05) is 23.7 Å². The summed E-state index contributed by atoms with van der Waals surface area (Å²) in [6.07, 6.45) is -4.70. The molecule has 0 spiro atoms. The van der Waals surface area contributed by atoms with Crippen molar-refractivity contribution in [2.45, 2.75) is 11.1 Å². The number of alkyl halides is 3. The number of halogens is 4. The number of morpholine rings is 1. The van der Waals surface area contributed by atoms with Gasteiger partial charge in [0.15, 0.2) is 5.82 Å². The van der Waals surface area contributed by atoms with Crippen molar-refractivity contribution in [3.63, 3.8) is 0 Å². The van der Waals surface area contributed by atoms with Gasteiger partial charge in [-0.3, -0.25) is 4.72 Å². The highest BCUT2D eigenvalue weighted by atomic mass is 35.5. The zero-order valence-corrected chi connectivity index (χ0v) is 18.6. The third kappa shape index (κ3) is 5.37. The van der Waals surface area contributed by atoms with Crippen LogP contribution < -0.4 is 9.62 Å². The van der Waals surface area contributed by atoms with E-state index in [4.69, 9.17) is 16.3 Å². The van der Waals surface area contributed by atoms with Crippen LogP contribution in [0, 0.1) is 0 Å². The predicted molar refractivity (Wildman–Crippen MR) is 118 cm³/mol. The normalized spacial score (nSPS) is 14.8. The van der Waals surface area contributed by atoms with Crippen molar-refractivity contribution >= 4 is 33.1 Å². The summed E-state index contributed by atoms with van der Waals surface area (Å²) in [5, 5.41) is 8.15. The van der Waals surface area contributed by atoms with Crippen LogP contribution in [0.2, 0.25) is 5.02 Å². The number of hydrogen-bond acceptors (Lipinski definition) is 6. The molecule has 0 bridgehead atoms. The number of aromatic nitrogens is 2. The van der Waals surface area contributed by atoms with Gasteiger partial charge in [-0.25, -0.2) is 8.42 Å². The minimum Gasteiger partial charge on any atom is -0.378 e. The van der Waals surface area contributed by atoms with E-state index in [0.717, 1.165) is 31.0 Å². The Bertz CT molecular complexity index is 1230. The van der Waals surface area contributed by atoms with E-state index in [2.05, 4.69) is 19.8 Å². The fourth-order valence-electron chi connectivity index (χ4n) is 3.25. The molecule has 0 saturated carbocycles. The fourth-order valence-corrected chi connectivity index (χ4v) is 4.83. The lowest BCUT2D eigenvalue weighted by Crippen LogP contribution is -2.36. The van der Waals surface area contributed by atoms with E-state index < -0.39 is 26.7 Å². The van der Waals surface area contributed by atoms with Crippen molar-refractivity contribution in [2.24, 2.45) is 0 Å². The van der Waals surface area contributed by atoms with E-state index in [1.54, 1.807) is 18.2 Å². The lowest BCUT2D eigenvalue weighted by atomic mass is 10.1. The SMILES string of the molecule is O=S(=O)(Nc1ccc(-c2ccc(N3CCOCC3)nn2)cc1)c1cc(C(F)(F)F)ccc1Cl. The van der Waals surface area contributed by atoms with Crippen molar-refractivity contribution in [2.75, 3.05) is 35.9 Å². The van der Waals surface area contributed by atoms with E-state index in [9.17, 15) is 21.6 Å². The van der Waals surface area contributed by atoms with Crippen LogP contribution in [0.4, 0.5) is 24.7 Å². The molecule has 7 nitrogen and oxygen atoms in total. The molecule has 2 aromatic carbocycles. The first-order chi connectivity index (χ1) is 15.6. The molecule has 0 radical (unpaired) electrons. The number of nitrogens with zero attached hydrogens (tertiary/aromatic N) is 3. The van der Waals surface area contributed by atoms with Gasteiger partial charge in [0, 0.05) is 24.3 Å². The van der Waals surface area contributed by atoms with Crippen molar-refractivity contribution in [1.29, 1.82) is 0 Å². The maximum Gasteiger partial charge on any atom is 0.416 e. The lowest BCUT2D eigenvalue weighted by molar-refractivity contribution is -0.137. The number of ether oxygens (including phenoxy) is 1. The van der Waals surface area contributed by atoms with Crippen LogP contribution in [-0.4, -0.2) is 44.9 Å². The summed E-state index contributed by atoms with van der Waals surface area (Å²) in [6, 6.07) is 12.0. The van der Waals surface area contributed by atoms with Gasteiger partial charge < -0.3 is 9.64 Å². The predicted octanol–water partition coefficient (Wildman–Crippen LogP) is 4.45. The average Bonchev–Trinajstić information content (AvgIpc) is 2.79. The molecule has 1 aliphatic rings. The molecule has 1 N–H and O–H groups in total. The lowest BCUT2D eigenvalue weighted by Gasteiger charge is -2.27. The highest BCUT2D eigenvalue weighted by Gasteiger charge is 2.32. The molecule has 0 unspecified atom stereocenters. The molecule has 0 atom stereocenters. The molecule has 33 heavy (non-hydrogen) atoms. The second-order valence-corrected chi connectivity index (χ2v) is 9.26. The molecule has 1 saturated heterocycles. The maximum atomic E-state index is 13.0. The van der Waals surface area contributed by atoms with E-state index in [1.807, 2.05) is 6.07 Å². The van der Waals surface area contributed by atoms with Crippen molar-refractivity contribution in [1.82, 2.24) is 10.2 Å². The highest BCUT2D eigenvalue weighted by Crippen LogP contribution is 2.34. The van der Waals surface area contributed by atoms with Gasteiger partial charge in [0.2, 0.25) is 0 Å². The van der Waals surface area contributed by atoms with Crippen LogP contribution in [-0.2, 0) is 20.9 Å². The minimum absolute atomic E-state index is 0.158. The third-order valence-corrected chi connectivity index (χ3v) is 6.83. The van der Waals surface area contributed by atoms with E-state index in [0.29, 0.717) is 30.5 Å². The van der Waals surface area contributed by atoms with E-state index >= 15 is 0 Å². The summed E-state index contributed by atoms with van der Waals surface area (Å²) in [5.74, 6) is 0.740. The van der Waals surface area contributed by atoms with Gasteiger partial charge in [0.05, 0.1) is 29.5 Å². The zero-order chi connectivity index (χ0) is 23.6. The summed E-state index contributed by atoms with van der Waals surface area (Å²) >= 11 is 5.86. The summed E-state index contributed by atoms with van der Waals surface area (Å²) in [6.45, 7) is 2.73. The maximum absolute atomic E-state index is 13.0. The van der Waals surface area contributed by atoms with Crippen molar-refractivity contribution in [3.8, 4) is 11.3 Å². The minimum atomic E-state index is -4.70. The topological polar surface area (TPSA) is 84.4 Å². The Labute approximate surface area is 193 Å². The number of sulfonamides is 1. The van der Waals surface area contributed by atoms with Gasteiger partial charge in [0.1, 0.15) is 4.90 Å². The van der Waals surface area contributed by atoms with Crippen LogP contribution in [0.5, 0.6) is 0 Å². The second-order valence-electron chi connectivity index (χ2n) is 7.20. The van der Waals surface area contributed by atoms with Gasteiger partial charge in [-0.2, -0.15) is 13.2 Å². The number of nitrogens with one attached hydrogen (secondary N) is 1. The van der Waals surface area contributed by atoms with Crippen LogP contribution in [0.25, 0.3) is 11.3 Å². The first-order valence-corrected chi connectivity index (χ1v) is 11.7. The summed E-state index contributed by atoms with van der Waals surface area (Å²) in [7, 11) is -4.35. The molecular formula is C21H18ClF3N4O3S. The smallest absolute Gasteiger partial charge is 0.378 e. The molecule has 1 fully saturated rings. The third-order valence-electron chi connectivity index (χ3n) is 4.97. The van der Waals surface area contributed by atoms with Gasteiger partial charge in [-0.15, -0.1) is 10.2 Å². The first kappa shape index (κ1) is 23.3. The zero-order valence-electron chi connectivity index (χ0n) is 17.0. The molecule has 0 aliphatic carbocycles. The Morgan fingerprint density at radius 2 is 1.67 bits per heavy atom. The fraction of sp³-hybridized carbons (Fsp3) is 0.238. The summed E-state index contributed by atoms with van der Waals surface area (Å²) < 4.78 is 71.8. The van der Waals surface area contributed by atoms with Gasteiger partial charge in [-0.05, 0) is 42.5 Å². The summed E-state index contributed by atoms with van der Waals surface area (Å²) in [5.41, 5.74) is 0.324. The quantitative estimate of drug-likeness (QED) is 0.559. The Hall–Kier alpha value is -2.89. The van der Waals surface area contributed by atoms with E-state index in [1.165, 1.54) is 12.1 Å². The highest BCUT2D eigenvalue weighted by molar-refractivity contribution is 7.92. The van der Waals surface area contributed by atoms with Crippen LogP contribution in [0.15, 0.2) is 59.5 Å². The number of hydrogen-bond donors (Lipinski definition) is 1. The molecule has 4 rings (SSSR count). The van der Waals surface area contributed by atoms with Crippen LogP contribution in [0.1, 0.15) is 5.56 Å². The Morgan fingerprint density at radius 3 is 2.27 bits per heavy atom. The molecule has 2 heterocycles. The number of anilines is 2. The largest absolute Gasteiger partial charge is 0.416 e. The van der Waals surface area contributed by atoms with Gasteiger partial charge >= 0.3 is 6.18 Å². The molecule has 12 heteroatoms. The van der Waals surface area contributed by atoms with Gasteiger partial charge in [0.25, 0.3) is 10.0 Å². The van der Waals surface area contributed by atoms with Crippen LogP contribution >= 0.6 is 11.6 Å². The van der Waals surface area contributed by atoms with Crippen molar-refractivity contribution < 1.29 is 26.3 Å². The number of benzene rings is 2. The summed E-state index contributed by atoms with van der Waals surface area (Å²) in [4.78, 5) is 1.41. The molecule has 1 aliphatic heterocycles. The Kier molecular flexibility index (Phi) is 6.46. The Morgan fingerprint density at radius 1 is 0.970 bits per heavy atom. The average molecular weight is 499 g/mol. The number of rotatable bonds is 5. The molecule has 0 amide bonds. The molecular weight excluding hydrogens is 481 g/mol. The standard InChI is InChI=1S/C21H18ClF3N4O3S/c22-17-6-3-15(21(23,24)25)13-19(17)33(30,31)28-16-4-1-14(2-5-16)18-7-8-20(27-26-18)29-9-11-32-12-10-29/h1-8,13,28H,9-12H2. The molecule has 3 aromatic rings. The van der Waals surface area contributed by atoms with Crippen LogP contribution in [0.3, 0.4) is 0 Å². The Balaban J connectivity index is 1.51. The molecule has 1 aromatic heterocycles. The van der Waals surface area contributed by atoms with Crippen molar-refractivity contribution in [3.05, 3.63) is 65.2 Å². The monoisotopic (exact) mass is 498 g/mol. The molecule has 174 valence electrons. The second kappa shape index (κ2) is 9.16. The van der Waals surface area contributed by atoms with E-state index in [-0.39, 0.29) is 10.7 Å². The first-order valence-electron chi connectivity index (χ1n) is 9.80.